The molecular formula is C21H23N5O3. The van der Waals surface area contributed by atoms with Crippen LogP contribution >= 0.6 is 0 Å². The summed E-state index contributed by atoms with van der Waals surface area (Å²) in [6, 6.07) is 11.5. The van der Waals surface area contributed by atoms with Gasteiger partial charge in [0.15, 0.2) is 0 Å². The maximum absolute atomic E-state index is 12.4. The van der Waals surface area contributed by atoms with Gasteiger partial charge in [-0.05, 0) is 25.5 Å². The van der Waals surface area contributed by atoms with Gasteiger partial charge in [0.25, 0.3) is 5.91 Å². The number of fused-ring (bicyclic) bond motifs is 1. The highest BCUT2D eigenvalue weighted by Crippen LogP contribution is 2.17. The average Bonchev–Trinajstić information content (AvgIpc) is 3.36. The minimum absolute atomic E-state index is 0.0353. The molecule has 0 aliphatic carbocycles. The number of nitrogens with one attached hydrogen (secondary N) is 2. The summed E-state index contributed by atoms with van der Waals surface area (Å²) in [5.41, 5.74) is 3.95. The molecule has 0 fully saturated rings. The molecule has 3 aromatic rings. The third-order valence-electron chi connectivity index (χ3n) is 5.12. The molecule has 0 unspecified atom stereocenters. The van der Waals surface area contributed by atoms with Gasteiger partial charge in [-0.25, -0.2) is 0 Å². The molecule has 2 N–H and O–H groups in total. The second-order valence-electron chi connectivity index (χ2n) is 7.32. The zero-order valence-electron chi connectivity index (χ0n) is 16.4. The second-order valence-corrected chi connectivity index (χ2v) is 7.32. The van der Waals surface area contributed by atoms with Crippen molar-refractivity contribution in [2.75, 3.05) is 0 Å². The maximum atomic E-state index is 12.4. The molecule has 1 atom stereocenters. The summed E-state index contributed by atoms with van der Waals surface area (Å²) in [6.45, 7) is 4.64. The number of hydrogen-bond acceptors (Lipinski definition) is 5. The standard InChI is InChI=1S/C21H23N5O3/c1-13-18(14(2)29-25-13)10-20(27)23-16-8-17-9-19(24-26(17)12-16)21(28)22-11-15-6-4-3-5-7-15/h3-7,9,16H,8,10-12H2,1-2H3,(H,22,28)(H,23,27)/t16-/m0/s1. The number of aromatic nitrogens is 3. The smallest absolute Gasteiger partial charge is 0.272 e. The van der Waals surface area contributed by atoms with Crippen LogP contribution in [-0.4, -0.2) is 32.8 Å². The Morgan fingerprint density at radius 3 is 2.72 bits per heavy atom. The van der Waals surface area contributed by atoms with Gasteiger partial charge in [-0.2, -0.15) is 5.10 Å². The molecule has 1 aliphatic heterocycles. The lowest BCUT2D eigenvalue weighted by Crippen LogP contribution is -2.37. The van der Waals surface area contributed by atoms with E-state index in [2.05, 4.69) is 20.9 Å². The number of amides is 2. The number of hydrogen-bond donors (Lipinski definition) is 2. The maximum Gasteiger partial charge on any atom is 0.272 e. The molecule has 2 amide bonds. The largest absolute Gasteiger partial charge is 0.361 e. The van der Waals surface area contributed by atoms with E-state index in [1.807, 2.05) is 37.3 Å². The Hall–Kier alpha value is -3.42. The van der Waals surface area contributed by atoms with Crippen molar-refractivity contribution >= 4 is 11.8 Å². The predicted molar refractivity (Wildman–Crippen MR) is 105 cm³/mol. The third-order valence-corrected chi connectivity index (χ3v) is 5.12. The van der Waals surface area contributed by atoms with Crippen LogP contribution in [0, 0.1) is 13.8 Å². The number of carbonyl (C=O) groups is 2. The summed E-state index contributed by atoms with van der Waals surface area (Å²) in [4.78, 5) is 24.7. The molecule has 1 aromatic carbocycles. The molecule has 8 nitrogen and oxygen atoms in total. The lowest BCUT2D eigenvalue weighted by atomic mass is 10.1. The Morgan fingerprint density at radius 1 is 1.24 bits per heavy atom. The Balaban J connectivity index is 1.30. The second kappa shape index (κ2) is 7.90. The minimum Gasteiger partial charge on any atom is -0.361 e. The molecule has 0 saturated heterocycles. The fourth-order valence-electron chi connectivity index (χ4n) is 3.57. The molecule has 0 radical (unpaired) electrons. The van der Waals surface area contributed by atoms with Crippen LogP contribution in [0.3, 0.4) is 0 Å². The van der Waals surface area contributed by atoms with Crippen molar-refractivity contribution in [1.29, 1.82) is 0 Å². The highest BCUT2D eigenvalue weighted by Gasteiger charge is 2.27. The molecular weight excluding hydrogens is 370 g/mol. The van der Waals surface area contributed by atoms with Crippen molar-refractivity contribution in [3.8, 4) is 0 Å². The van der Waals surface area contributed by atoms with Crippen molar-refractivity contribution in [1.82, 2.24) is 25.6 Å². The summed E-state index contributed by atoms with van der Waals surface area (Å²) in [6.07, 6.45) is 0.888. The van der Waals surface area contributed by atoms with Crippen molar-refractivity contribution in [3.63, 3.8) is 0 Å². The minimum atomic E-state index is -0.199. The van der Waals surface area contributed by atoms with E-state index in [0.29, 0.717) is 31.0 Å². The van der Waals surface area contributed by atoms with Gasteiger partial charge in [-0.3, -0.25) is 14.3 Å². The van der Waals surface area contributed by atoms with E-state index >= 15 is 0 Å². The predicted octanol–water partition coefficient (Wildman–Crippen LogP) is 1.70. The van der Waals surface area contributed by atoms with Crippen LogP contribution in [0.25, 0.3) is 0 Å². The monoisotopic (exact) mass is 393 g/mol. The highest BCUT2D eigenvalue weighted by atomic mass is 16.5. The van der Waals surface area contributed by atoms with E-state index in [1.165, 1.54) is 0 Å². The van der Waals surface area contributed by atoms with Gasteiger partial charge in [-0.1, -0.05) is 35.5 Å². The number of aryl methyl sites for hydroxylation is 2. The van der Waals surface area contributed by atoms with E-state index in [0.717, 1.165) is 22.5 Å². The topological polar surface area (TPSA) is 102 Å². The number of carbonyl (C=O) groups excluding carboxylic acids is 2. The van der Waals surface area contributed by atoms with Crippen LogP contribution in [0.15, 0.2) is 40.9 Å². The molecule has 150 valence electrons. The van der Waals surface area contributed by atoms with Crippen molar-refractivity contribution < 1.29 is 14.1 Å². The van der Waals surface area contributed by atoms with Crippen LogP contribution in [-0.2, 0) is 30.7 Å². The van der Waals surface area contributed by atoms with E-state index < -0.39 is 0 Å². The van der Waals surface area contributed by atoms with E-state index in [4.69, 9.17) is 4.52 Å². The van der Waals surface area contributed by atoms with E-state index in [-0.39, 0.29) is 24.3 Å². The normalized spacial score (nSPS) is 15.2. The van der Waals surface area contributed by atoms with E-state index in [9.17, 15) is 9.59 Å². The molecule has 4 rings (SSSR count). The Morgan fingerprint density at radius 2 is 2.03 bits per heavy atom. The van der Waals surface area contributed by atoms with Gasteiger partial charge in [0.2, 0.25) is 5.91 Å². The zero-order valence-corrected chi connectivity index (χ0v) is 16.4. The Labute approximate surface area is 168 Å². The summed E-state index contributed by atoms with van der Waals surface area (Å²) in [7, 11) is 0. The van der Waals surface area contributed by atoms with Gasteiger partial charge in [0.05, 0.1) is 24.7 Å². The van der Waals surface area contributed by atoms with Crippen LogP contribution in [0.4, 0.5) is 0 Å². The van der Waals surface area contributed by atoms with Crippen LogP contribution in [0.2, 0.25) is 0 Å². The molecule has 0 spiro atoms. The third kappa shape index (κ3) is 4.21. The van der Waals surface area contributed by atoms with Gasteiger partial charge in [0, 0.05) is 24.2 Å². The quantitative estimate of drug-likeness (QED) is 0.664. The SMILES string of the molecule is Cc1noc(C)c1CC(=O)N[C@H]1Cc2cc(C(=O)NCc3ccccc3)nn2C1. The van der Waals surface area contributed by atoms with Crippen molar-refractivity contribution in [3.05, 3.63) is 70.4 Å². The number of benzene rings is 1. The number of nitrogens with zero attached hydrogens (tertiary/aromatic N) is 3. The summed E-state index contributed by atoms with van der Waals surface area (Å²) >= 11 is 0. The highest BCUT2D eigenvalue weighted by molar-refractivity contribution is 5.92. The zero-order chi connectivity index (χ0) is 20.4. The summed E-state index contributed by atoms with van der Waals surface area (Å²) in [5, 5.41) is 14.2. The average molecular weight is 393 g/mol. The molecule has 0 saturated carbocycles. The molecule has 3 heterocycles. The van der Waals surface area contributed by atoms with Gasteiger partial charge in [0.1, 0.15) is 11.5 Å². The first-order valence-electron chi connectivity index (χ1n) is 9.59. The van der Waals surface area contributed by atoms with Gasteiger partial charge in [-0.15, -0.1) is 0 Å². The molecule has 8 heteroatoms. The molecule has 0 bridgehead atoms. The van der Waals surface area contributed by atoms with Crippen LogP contribution in [0.5, 0.6) is 0 Å². The van der Waals surface area contributed by atoms with Crippen LogP contribution in [0.1, 0.15) is 38.8 Å². The molecule has 2 aromatic heterocycles. The first kappa shape index (κ1) is 18.9. The Bertz CT molecular complexity index is 995. The molecule has 29 heavy (non-hydrogen) atoms. The van der Waals surface area contributed by atoms with E-state index in [1.54, 1.807) is 17.7 Å². The fraction of sp³-hybridized carbons (Fsp3) is 0.333. The first-order valence-corrected chi connectivity index (χ1v) is 9.59. The lowest BCUT2D eigenvalue weighted by Gasteiger charge is -2.11. The molecule has 1 aliphatic rings. The van der Waals surface area contributed by atoms with Crippen molar-refractivity contribution in [2.24, 2.45) is 0 Å². The van der Waals surface area contributed by atoms with Crippen LogP contribution < -0.4 is 10.6 Å². The first-order chi connectivity index (χ1) is 14.0. The summed E-state index contributed by atoms with van der Waals surface area (Å²) in [5.74, 6) is 0.397. The van der Waals surface area contributed by atoms with Crippen molar-refractivity contribution in [2.45, 2.75) is 45.8 Å². The Kier molecular flexibility index (Phi) is 5.16. The summed E-state index contributed by atoms with van der Waals surface area (Å²) < 4.78 is 6.90. The number of rotatable bonds is 6. The van der Waals surface area contributed by atoms with Gasteiger partial charge < -0.3 is 15.2 Å². The fourth-order valence-corrected chi connectivity index (χ4v) is 3.57. The lowest BCUT2D eigenvalue weighted by molar-refractivity contribution is -0.121. The van der Waals surface area contributed by atoms with Gasteiger partial charge >= 0.3 is 0 Å².